The minimum absolute atomic E-state index is 0.0799. The molecule has 2 aromatic carbocycles. The Balaban J connectivity index is 1.77. The number of nitro benzene ring substituents is 1. The molecule has 2 aromatic rings. The number of ether oxygens (including phenoxy) is 1. The molecule has 0 unspecified atom stereocenters. The van der Waals surface area contributed by atoms with E-state index in [0.29, 0.717) is 25.3 Å². The number of hydrogen-bond donors (Lipinski definition) is 0. The molecule has 1 saturated heterocycles. The lowest BCUT2D eigenvalue weighted by Crippen LogP contribution is -2.42. The zero-order chi connectivity index (χ0) is 16.2. The van der Waals surface area contributed by atoms with Gasteiger partial charge in [0.25, 0.3) is 11.6 Å². The molecule has 1 aliphatic rings. The molecule has 0 bridgehead atoms. The molecule has 1 fully saturated rings. The Hall–Kier alpha value is -2.73. The summed E-state index contributed by atoms with van der Waals surface area (Å²) in [4.78, 5) is 24.6. The van der Waals surface area contributed by atoms with E-state index in [-0.39, 0.29) is 17.7 Å². The minimum atomic E-state index is -0.497. The molecular weight excluding hydrogens is 296 g/mol. The monoisotopic (exact) mass is 312 g/mol. The lowest BCUT2D eigenvalue weighted by atomic mass is 10.1. The van der Waals surface area contributed by atoms with Gasteiger partial charge in [-0.2, -0.15) is 0 Å². The molecule has 1 aliphatic heterocycles. The number of nitro groups is 1. The van der Waals surface area contributed by atoms with Crippen molar-refractivity contribution in [1.29, 1.82) is 0 Å². The van der Waals surface area contributed by atoms with Crippen LogP contribution in [-0.4, -0.2) is 35.4 Å². The normalized spacial score (nSPS) is 17.7. The lowest BCUT2D eigenvalue weighted by molar-refractivity contribution is -0.384. The largest absolute Gasteiger partial charge is 0.370 e. The summed E-state index contributed by atoms with van der Waals surface area (Å²) in [7, 11) is 0. The Labute approximate surface area is 133 Å². The first-order valence-electron chi connectivity index (χ1n) is 7.35. The molecular formula is C17H16N2O4. The summed E-state index contributed by atoms with van der Waals surface area (Å²) in [5.74, 6) is -0.210. The van der Waals surface area contributed by atoms with Crippen molar-refractivity contribution in [2.45, 2.75) is 6.10 Å². The zero-order valence-corrected chi connectivity index (χ0v) is 12.4. The summed E-state index contributed by atoms with van der Waals surface area (Å²) in [6, 6.07) is 15.5. The van der Waals surface area contributed by atoms with Gasteiger partial charge in [-0.05, 0) is 11.6 Å². The number of nitrogens with zero attached hydrogens (tertiary/aromatic N) is 2. The highest BCUT2D eigenvalue weighted by atomic mass is 16.6. The van der Waals surface area contributed by atoms with Crippen molar-refractivity contribution in [2.24, 2.45) is 0 Å². The van der Waals surface area contributed by atoms with Crippen LogP contribution in [0.5, 0.6) is 0 Å². The van der Waals surface area contributed by atoms with Gasteiger partial charge in [0.2, 0.25) is 0 Å². The average Bonchev–Trinajstić information content (AvgIpc) is 2.62. The number of carbonyl (C=O) groups excluding carboxylic acids is 1. The molecule has 23 heavy (non-hydrogen) atoms. The van der Waals surface area contributed by atoms with Crippen molar-refractivity contribution in [3.8, 4) is 0 Å². The van der Waals surface area contributed by atoms with E-state index in [0.717, 1.165) is 5.56 Å². The van der Waals surface area contributed by atoms with Crippen LogP contribution in [0.4, 0.5) is 5.69 Å². The smallest absolute Gasteiger partial charge is 0.270 e. The van der Waals surface area contributed by atoms with Crippen LogP contribution in [0, 0.1) is 10.1 Å². The maximum Gasteiger partial charge on any atom is 0.270 e. The molecule has 3 rings (SSSR count). The summed E-state index contributed by atoms with van der Waals surface area (Å²) in [5.41, 5.74) is 1.26. The van der Waals surface area contributed by atoms with E-state index in [2.05, 4.69) is 0 Å². The number of benzene rings is 2. The molecule has 6 heteroatoms. The van der Waals surface area contributed by atoms with Crippen molar-refractivity contribution < 1.29 is 14.5 Å². The topological polar surface area (TPSA) is 72.7 Å². The van der Waals surface area contributed by atoms with Crippen molar-refractivity contribution in [1.82, 2.24) is 4.90 Å². The SMILES string of the molecule is O=C(c1cccc([N+](=O)[O-])c1)N1CCO[C@H](c2ccccc2)C1. The Morgan fingerprint density at radius 2 is 1.96 bits per heavy atom. The van der Waals surface area contributed by atoms with E-state index in [1.807, 2.05) is 30.3 Å². The second kappa shape index (κ2) is 6.58. The zero-order valence-electron chi connectivity index (χ0n) is 12.4. The fraction of sp³-hybridized carbons (Fsp3) is 0.235. The molecule has 118 valence electrons. The van der Waals surface area contributed by atoms with E-state index in [9.17, 15) is 14.9 Å². The number of non-ortho nitro benzene ring substituents is 1. The summed E-state index contributed by atoms with van der Waals surface area (Å²) in [5, 5.41) is 10.8. The fourth-order valence-electron chi connectivity index (χ4n) is 2.64. The molecule has 0 radical (unpaired) electrons. The quantitative estimate of drug-likeness (QED) is 0.645. The van der Waals surface area contributed by atoms with Gasteiger partial charge in [0.15, 0.2) is 0 Å². The highest BCUT2D eigenvalue weighted by molar-refractivity contribution is 5.94. The molecule has 1 atom stereocenters. The third kappa shape index (κ3) is 3.37. The summed E-state index contributed by atoms with van der Waals surface area (Å²) in [6.07, 6.45) is -0.174. The highest BCUT2D eigenvalue weighted by Crippen LogP contribution is 2.23. The number of amides is 1. The van der Waals surface area contributed by atoms with E-state index in [4.69, 9.17) is 4.74 Å². The highest BCUT2D eigenvalue weighted by Gasteiger charge is 2.26. The van der Waals surface area contributed by atoms with Crippen molar-refractivity contribution >= 4 is 11.6 Å². The maximum atomic E-state index is 12.6. The molecule has 0 N–H and O–H groups in total. The Morgan fingerprint density at radius 1 is 1.17 bits per heavy atom. The molecule has 0 spiro atoms. The van der Waals surface area contributed by atoms with Gasteiger partial charge in [0.05, 0.1) is 18.1 Å². The second-order valence-electron chi connectivity index (χ2n) is 5.33. The van der Waals surface area contributed by atoms with Gasteiger partial charge in [-0.25, -0.2) is 0 Å². The maximum absolute atomic E-state index is 12.6. The molecule has 0 aliphatic carbocycles. The van der Waals surface area contributed by atoms with Crippen LogP contribution >= 0.6 is 0 Å². The van der Waals surface area contributed by atoms with Crippen LogP contribution in [-0.2, 0) is 4.74 Å². The average molecular weight is 312 g/mol. The summed E-state index contributed by atoms with van der Waals surface area (Å²) in [6.45, 7) is 1.36. The van der Waals surface area contributed by atoms with Gasteiger partial charge < -0.3 is 9.64 Å². The van der Waals surface area contributed by atoms with Gasteiger partial charge in [-0.1, -0.05) is 36.4 Å². The summed E-state index contributed by atoms with van der Waals surface area (Å²) < 4.78 is 5.74. The van der Waals surface area contributed by atoms with Gasteiger partial charge in [-0.3, -0.25) is 14.9 Å². The number of hydrogen-bond acceptors (Lipinski definition) is 4. The Kier molecular flexibility index (Phi) is 4.34. The van der Waals surface area contributed by atoms with Crippen LogP contribution in [0.3, 0.4) is 0 Å². The Bertz CT molecular complexity index is 718. The van der Waals surface area contributed by atoms with Crippen LogP contribution in [0.15, 0.2) is 54.6 Å². The van der Waals surface area contributed by atoms with Crippen LogP contribution in [0.1, 0.15) is 22.0 Å². The van der Waals surface area contributed by atoms with Crippen molar-refractivity contribution in [3.05, 3.63) is 75.8 Å². The van der Waals surface area contributed by atoms with Crippen LogP contribution in [0.2, 0.25) is 0 Å². The standard InChI is InChI=1S/C17H16N2O4/c20-17(14-7-4-8-15(11-14)19(21)22)18-9-10-23-16(12-18)13-5-2-1-3-6-13/h1-8,11,16H,9-10,12H2/t16-/m0/s1. The second-order valence-corrected chi connectivity index (χ2v) is 5.33. The first kappa shape index (κ1) is 15.2. The minimum Gasteiger partial charge on any atom is -0.370 e. The lowest BCUT2D eigenvalue weighted by Gasteiger charge is -2.33. The van der Waals surface area contributed by atoms with E-state index >= 15 is 0 Å². The molecule has 6 nitrogen and oxygen atoms in total. The predicted octanol–water partition coefficient (Wildman–Crippen LogP) is 2.81. The Morgan fingerprint density at radius 3 is 2.70 bits per heavy atom. The molecule has 0 aromatic heterocycles. The third-order valence-electron chi connectivity index (χ3n) is 3.83. The fourth-order valence-corrected chi connectivity index (χ4v) is 2.64. The van der Waals surface area contributed by atoms with Gasteiger partial charge >= 0.3 is 0 Å². The third-order valence-corrected chi connectivity index (χ3v) is 3.83. The van der Waals surface area contributed by atoms with Gasteiger partial charge in [-0.15, -0.1) is 0 Å². The van der Waals surface area contributed by atoms with Crippen LogP contribution in [0.25, 0.3) is 0 Å². The van der Waals surface area contributed by atoms with Crippen molar-refractivity contribution in [3.63, 3.8) is 0 Å². The van der Waals surface area contributed by atoms with E-state index < -0.39 is 4.92 Å². The van der Waals surface area contributed by atoms with Crippen molar-refractivity contribution in [2.75, 3.05) is 19.7 Å². The number of morpholine rings is 1. The first-order chi connectivity index (χ1) is 11.1. The molecule has 1 amide bonds. The van der Waals surface area contributed by atoms with Gasteiger partial charge in [0.1, 0.15) is 6.10 Å². The van der Waals surface area contributed by atoms with E-state index in [1.54, 1.807) is 11.0 Å². The number of carbonyl (C=O) groups is 1. The summed E-state index contributed by atoms with van der Waals surface area (Å²) >= 11 is 0. The molecule has 1 heterocycles. The predicted molar refractivity (Wildman–Crippen MR) is 84.1 cm³/mol. The van der Waals surface area contributed by atoms with Crippen LogP contribution < -0.4 is 0 Å². The molecule has 0 saturated carbocycles. The van der Waals surface area contributed by atoms with Gasteiger partial charge in [0, 0.05) is 24.2 Å². The van der Waals surface area contributed by atoms with E-state index in [1.165, 1.54) is 18.2 Å². The number of rotatable bonds is 3. The first-order valence-corrected chi connectivity index (χ1v) is 7.35.